The third kappa shape index (κ3) is 3.89. The lowest BCUT2D eigenvalue weighted by Crippen LogP contribution is -2.36. The van der Waals surface area contributed by atoms with Gasteiger partial charge in [-0.1, -0.05) is 19.3 Å². The Bertz CT molecular complexity index is 1070. The van der Waals surface area contributed by atoms with E-state index in [1.807, 2.05) is 15.6 Å². The highest BCUT2D eigenvalue weighted by molar-refractivity contribution is 5.79. The van der Waals surface area contributed by atoms with Crippen molar-refractivity contribution >= 4 is 16.9 Å². The van der Waals surface area contributed by atoms with Crippen LogP contribution in [0, 0.1) is 0 Å². The number of rotatable bonds is 5. The summed E-state index contributed by atoms with van der Waals surface area (Å²) in [5.41, 5.74) is 0.457. The highest BCUT2D eigenvalue weighted by atomic mass is 16.5. The van der Waals surface area contributed by atoms with Crippen molar-refractivity contribution in [3.8, 4) is 5.75 Å². The maximum absolute atomic E-state index is 12.7. The second-order valence-corrected chi connectivity index (χ2v) is 7.83. The second kappa shape index (κ2) is 8.43. The molecule has 1 saturated heterocycles. The highest BCUT2D eigenvalue weighted by Crippen LogP contribution is 2.28. The molecule has 158 valence electrons. The number of hydrogen-bond acceptors (Lipinski definition) is 8. The molecule has 0 atom stereocenters. The molecule has 5 rings (SSSR count). The molecule has 1 aliphatic heterocycles. The largest absolute Gasteiger partial charge is 0.486 e. The summed E-state index contributed by atoms with van der Waals surface area (Å²) in [6, 6.07) is 7.19. The van der Waals surface area contributed by atoms with E-state index in [4.69, 9.17) is 13.9 Å². The summed E-state index contributed by atoms with van der Waals surface area (Å²) in [5, 5.41) is 12.6. The first-order valence-electron chi connectivity index (χ1n) is 10.6. The number of tetrazole rings is 1. The van der Waals surface area contributed by atoms with Gasteiger partial charge in [-0.05, 0) is 41.5 Å². The van der Waals surface area contributed by atoms with Gasteiger partial charge in [0.15, 0.2) is 17.1 Å². The summed E-state index contributed by atoms with van der Waals surface area (Å²) < 4.78 is 19.1. The maximum atomic E-state index is 12.7. The Balaban J connectivity index is 1.33. The van der Waals surface area contributed by atoms with E-state index in [2.05, 4.69) is 15.5 Å². The monoisotopic (exact) mass is 411 g/mol. The number of anilines is 1. The first-order chi connectivity index (χ1) is 14.8. The van der Waals surface area contributed by atoms with Crippen molar-refractivity contribution in [1.29, 1.82) is 0 Å². The lowest BCUT2D eigenvalue weighted by Gasteiger charge is -2.27. The van der Waals surface area contributed by atoms with Crippen LogP contribution in [0.5, 0.6) is 5.75 Å². The number of nitrogens with zero attached hydrogens (tertiary/aromatic N) is 5. The number of morpholine rings is 1. The van der Waals surface area contributed by atoms with Crippen LogP contribution in [-0.4, -0.2) is 46.5 Å². The Labute approximate surface area is 173 Å². The third-order valence-electron chi connectivity index (χ3n) is 5.86. The fraction of sp³-hybridized carbons (Fsp3) is 0.524. The summed E-state index contributed by atoms with van der Waals surface area (Å²) in [6.07, 6.45) is 5.88. The first kappa shape index (κ1) is 19.0. The Morgan fingerprint density at radius 2 is 1.93 bits per heavy atom. The normalized spacial score (nSPS) is 18.1. The Hall–Kier alpha value is -2.94. The van der Waals surface area contributed by atoms with Crippen molar-refractivity contribution < 1.29 is 13.9 Å². The van der Waals surface area contributed by atoms with E-state index in [0.717, 1.165) is 12.8 Å². The molecule has 0 N–H and O–H groups in total. The molecule has 0 radical (unpaired) electrons. The molecule has 1 saturated carbocycles. The van der Waals surface area contributed by atoms with Crippen LogP contribution in [-0.2, 0) is 11.3 Å². The third-order valence-corrected chi connectivity index (χ3v) is 5.86. The first-order valence-corrected chi connectivity index (χ1v) is 10.6. The van der Waals surface area contributed by atoms with Crippen LogP contribution in [0.15, 0.2) is 33.5 Å². The summed E-state index contributed by atoms with van der Waals surface area (Å²) >= 11 is 0. The van der Waals surface area contributed by atoms with Crippen molar-refractivity contribution in [1.82, 2.24) is 20.2 Å². The minimum atomic E-state index is -0.0877. The number of hydrogen-bond donors (Lipinski definition) is 0. The number of fused-ring (bicyclic) bond motifs is 1. The molecule has 0 bridgehead atoms. The van der Waals surface area contributed by atoms with Crippen LogP contribution < -0.4 is 15.1 Å². The van der Waals surface area contributed by atoms with E-state index in [1.165, 1.54) is 19.3 Å². The molecular weight excluding hydrogens is 386 g/mol. The highest BCUT2D eigenvalue weighted by Gasteiger charge is 2.20. The maximum Gasteiger partial charge on any atom is 0.200 e. The zero-order valence-corrected chi connectivity index (χ0v) is 16.8. The smallest absolute Gasteiger partial charge is 0.200 e. The van der Waals surface area contributed by atoms with Gasteiger partial charge in [-0.3, -0.25) is 4.79 Å². The van der Waals surface area contributed by atoms with Crippen LogP contribution in [0.25, 0.3) is 11.0 Å². The minimum absolute atomic E-state index is 0.0877. The van der Waals surface area contributed by atoms with Gasteiger partial charge in [0, 0.05) is 19.2 Å². The Morgan fingerprint density at radius 3 is 2.77 bits per heavy atom. The summed E-state index contributed by atoms with van der Waals surface area (Å²) in [7, 11) is 0. The van der Waals surface area contributed by atoms with Gasteiger partial charge in [0.05, 0.1) is 24.6 Å². The fourth-order valence-electron chi connectivity index (χ4n) is 4.22. The molecule has 2 aliphatic rings. The number of benzene rings is 1. The summed E-state index contributed by atoms with van der Waals surface area (Å²) in [5.74, 6) is 1.87. The van der Waals surface area contributed by atoms with Gasteiger partial charge < -0.3 is 18.8 Å². The van der Waals surface area contributed by atoms with E-state index in [0.29, 0.717) is 60.8 Å². The summed E-state index contributed by atoms with van der Waals surface area (Å²) in [6.45, 7) is 2.95. The lowest BCUT2D eigenvalue weighted by molar-refractivity contribution is 0.121. The topological polar surface area (TPSA) is 95.5 Å². The van der Waals surface area contributed by atoms with Gasteiger partial charge in [-0.15, -0.1) is 5.10 Å². The average molecular weight is 411 g/mol. The molecule has 0 amide bonds. The molecule has 9 nitrogen and oxygen atoms in total. The number of aromatic nitrogens is 4. The average Bonchev–Trinajstić information content (AvgIpc) is 3.28. The summed E-state index contributed by atoms with van der Waals surface area (Å²) in [4.78, 5) is 14.7. The zero-order valence-electron chi connectivity index (χ0n) is 16.8. The Morgan fingerprint density at radius 1 is 1.10 bits per heavy atom. The van der Waals surface area contributed by atoms with Crippen molar-refractivity contribution in [2.24, 2.45) is 0 Å². The van der Waals surface area contributed by atoms with Crippen LogP contribution in [0.1, 0.15) is 44.0 Å². The molecule has 3 heterocycles. The molecule has 3 aromatic rings. The molecule has 0 spiro atoms. The van der Waals surface area contributed by atoms with Gasteiger partial charge in [0.1, 0.15) is 17.9 Å². The predicted molar refractivity (Wildman–Crippen MR) is 110 cm³/mol. The van der Waals surface area contributed by atoms with Gasteiger partial charge in [-0.2, -0.15) is 0 Å². The standard InChI is InChI=1S/C21H25N5O4/c27-18-13-21(25-8-10-28-11-9-25)30-19-7-6-16(12-17(18)19)29-14-20-22-23-24-26(20)15-4-2-1-3-5-15/h6-7,12-13,15H,1-5,8-11,14H2. The SMILES string of the molecule is O=c1cc(N2CCOCC2)oc2ccc(OCc3nnnn3C3CCCCC3)cc12. The van der Waals surface area contributed by atoms with Crippen LogP contribution in [0.3, 0.4) is 0 Å². The van der Waals surface area contributed by atoms with Crippen molar-refractivity contribution in [2.75, 3.05) is 31.2 Å². The lowest BCUT2D eigenvalue weighted by atomic mass is 9.96. The molecule has 2 fully saturated rings. The van der Waals surface area contributed by atoms with E-state index in [9.17, 15) is 4.79 Å². The van der Waals surface area contributed by atoms with E-state index in [1.54, 1.807) is 18.2 Å². The number of ether oxygens (including phenoxy) is 2. The van der Waals surface area contributed by atoms with Crippen LogP contribution in [0.4, 0.5) is 5.88 Å². The van der Waals surface area contributed by atoms with Gasteiger partial charge >= 0.3 is 0 Å². The molecule has 2 aromatic heterocycles. The van der Waals surface area contributed by atoms with Crippen molar-refractivity contribution in [3.05, 3.63) is 40.3 Å². The molecule has 0 unspecified atom stereocenters. The molecule has 9 heteroatoms. The van der Waals surface area contributed by atoms with Gasteiger partial charge in [0.25, 0.3) is 0 Å². The minimum Gasteiger partial charge on any atom is -0.486 e. The van der Waals surface area contributed by atoms with E-state index < -0.39 is 0 Å². The van der Waals surface area contributed by atoms with Crippen LogP contribution >= 0.6 is 0 Å². The molecule has 1 aliphatic carbocycles. The zero-order chi connectivity index (χ0) is 20.3. The van der Waals surface area contributed by atoms with Crippen molar-refractivity contribution in [3.63, 3.8) is 0 Å². The predicted octanol–water partition coefficient (Wildman–Crippen LogP) is 2.70. The van der Waals surface area contributed by atoms with E-state index in [-0.39, 0.29) is 12.0 Å². The van der Waals surface area contributed by atoms with E-state index >= 15 is 0 Å². The molecular formula is C21H25N5O4. The quantitative estimate of drug-likeness (QED) is 0.632. The van der Waals surface area contributed by atoms with Gasteiger partial charge in [0.2, 0.25) is 0 Å². The molecule has 30 heavy (non-hydrogen) atoms. The molecule has 1 aromatic carbocycles. The second-order valence-electron chi connectivity index (χ2n) is 7.83. The van der Waals surface area contributed by atoms with Crippen molar-refractivity contribution in [2.45, 2.75) is 44.8 Å². The fourth-order valence-corrected chi connectivity index (χ4v) is 4.22. The van der Waals surface area contributed by atoms with Gasteiger partial charge in [-0.25, -0.2) is 4.68 Å². The van der Waals surface area contributed by atoms with Crippen LogP contribution in [0.2, 0.25) is 0 Å². The Kier molecular flexibility index (Phi) is 5.35.